The first kappa shape index (κ1) is 17.7. The van der Waals surface area contributed by atoms with E-state index in [4.69, 9.17) is 0 Å². The van der Waals surface area contributed by atoms with Gasteiger partial charge in [-0.2, -0.15) is 0 Å². The molecular formula is C18H30BrN. The molecule has 1 nitrogen and oxygen atoms in total. The van der Waals surface area contributed by atoms with Gasteiger partial charge in [0, 0.05) is 10.5 Å². The summed E-state index contributed by atoms with van der Waals surface area (Å²) in [5.74, 6) is 1.58. The van der Waals surface area contributed by atoms with Crippen molar-refractivity contribution in [2.24, 2.45) is 11.8 Å². The lowest BCUT2D eigenvalue weighted by Gasteiger charge is -2.24. The summed E-state index contributed by atoms with van der Waals surface area (Å²) in [6.45, 7) is 10.2. The van der Waals surface area contributed by atoms with E-state index in [0.29, 0.717) is 6.04 Å². The lowest BCUT2D eigenvalue weighted by atomic mass is 9.86. The third-order valence-corrected chi connectivity index (χ3v) is 4.88. The molecule has 1 atom stereocenters. The summed E-state index contributed by atoms with van der Waals surface area (Å²) in [5.41, 5.74) is 1.44. The fourth-order valence-electron chi connectivity index (χ4n) is 2.71. The van der Waals surface area contributed by atoms with Crippen LogP contribution < -0.4 is 5.32 Å². The maximum Gasteiger partial charge on any atom is 0.0207 e. The second-order valence-corrected chi connectivity index (χ2v) is 7.00. The van der Waals surface area contributed by atoms with Crippen LogP contribution >= 0.6 is 15.9 Å². The Kier molecular flexibility index (Phi) is 8.47. The number of rotatable bonds is 9. The molecule has 0 bridgehead atoms. The summed E-state index contributed by atoms with van der Waals surface area (Å²) >= 11 is 3.68. The van der Waals surface area contributed by atoms with Crippen molar-refractivity contribution in [1.82, 2.24) is 5.32 Å². The maximum absolute atomic E-state index is 3.68. The van der Waals surface area contributed by atoms with E-state index >= 15 is 0 Å². The molecule has 1 unspecified atom stereocenters. The van der Waals surface area contributed by atoms with Gasteiger partial charge in [-0.25, -0.2) is 0 Å². The van der Waals surface area contributed by atoms with Gasteiger partial charge in [0.15, 0.2) is 0 Å². The first-order valence-corrected chi connectivity index (χ1v) is 8.82. The third kappa shape index (κ3) is 6.41. The molecule has 0 saturated heterocycles. The van der Waals surface area contributed by atoms with Crippen molar-refractivity contribution in [3.8, 4) is 0 Å². The van der Waals surface area contributed by atoms with Gasteiger partial charge < -0.3 is 5.32 Å². The average Bonchev–Trinajstić information content (AvgIpc) is 2.43. The summed E-state index contributed by atoms with van der Waals surface area (Å²) in [7, 11) is 0. The van der Waals surface area contributed by atoms with Gasteiger partial charge in [0.1, 0.15) is 0 Å². The van der Waals surface area contributed by atoms with Gasteiger partial charge >= 0.3 is 0 Å². The van der Waals surface area contributed by atoms with Crippen molar-refractivity contribution in [2.45, 2.75) is 59.4 Å². The van der Waals surface area contributed by atoms with E-state index in [2.05, 4.69) is 73.2 Å². The van der Waals surface area contributed by atoms with E-state index in [1.807, 2.05) is 0 Å². The van der Waals surface area contributed by atoms with Crippen LogP contribution in [0.3, 0.4) is 0 Å². The molecule has 0 heterocycles. The van der Waals surface area contributed by atoms with Gasteiger partial charge in [-0.15, -0.1) is 0 Å². The zero-order valence-corrected chi connectivity index (χ0v) is 15.0. The quantitative estimate of drug-likeness (QED) is 0.632. The largest absolute Gasteiger partial charge is 0.314 e. The van der Waals surface area contributed by atoms with E-state index in [9.17, 15) is 0 Å². The van der Waals surface area contributed by atoms with Crippen molar-refractivity contribution >= 4 is 15.9 Å². The van der Waals surface area contributed by atoms with Crippen molar-refractivity contribution in [3.05, 3.63) is 34.3 Å². The molecule has 1 rings (SSSR count). The standard InChI is InChI=1S/C18H30BrN/c1-5-15(6-2)11-16(13-20-14(3)4)12-17-9-7-8-10-18(17)19/h7-10,14-16,20H,5-6,11-13H2,1-4H3. The van der Waals surface area contributed by atoms with Crippen LogP contribution in [-0.2, 0) is 6.42 Å². The summed E-state index contributed by atoms with van der Waals surface area (Å²) in [4.78, 5) is 0. The molecule has 0 fully saturated rings. The summed E-state index contributed by atoms with van der Waals surface area (Å²) in [6.07, 6.45) is 5.08. The summed E-state index contributed by atoms with van der Waals surface area (Å²) in [6, 6.07) is 9.21. The lowest BCUT2D eigenvalue weighted by Crippen LogP contribution is -2.31. The van der Waals surface area contributed by atoms with Gasteiger partial charge in [0.05, 0.1) is 0 Å². The molecule has 0 aliphatic rings. The molecule has 0 spiro atoms. The molecule has 0 saturated carbocycles. The zero-order chi connectivity index (χ0) is 15.0. The molecule has 1 N–H and O–H groups in total. The van der Waals surface area contributed by atoms with Gasteiger partial charge in [-0.1, -0.05) is 74.7 Å². The number of halogens is 1. The van der Waals surface area contributed by atoms with E-state index in [-0.39, 0.29) is 0 Å². The van der Waals surface area contributed by atoms with Crippen LogP contribution in [0.1, 0.15) is 52.5 Å². The minimum Gasteiger partial charge on any atom is -0.314 e. The van der Waals surface area contributed by atoms with Crippen LogP contribution in [0.2, 0.25) is 0 Å². The zero-order valence-electron chi connectivity index (χ0n) is 13.5. The molecule has 0 amide bonds. The Morgan fingerprint density at radius 1 is 1.05 bits per heavy atom. The highest BCUT2D eigenvalue weighted by Gasteiger charge is 2.16. The van der Waals surface area contributed by atoms with Gasteiger partial charge in [0.2, 0.25) is 0 Å². The lowest BCUT2D eigenvalue weighted by molar-refractivity contribution is 0.331. The van der Waals surface area contributed by atoms with Gasteiger partial charge in [-0.05, 0) is 42.9 Å². The molecule has 0 radical (unpaired) electrons. The second kappa shape index (κ2) is 9.57. The van der Waals surface area contributed by atoms with Crippen molar-refractivity contribution in [3.63, 3.8) is 0 Å². The van der Waals surface area contributed by atoms with Crippen LogP contribution in [0.15, 0.2) is 28.7 Å². The second-order valence-electron chi connectivity index (χ2n) is 6.14. The minimum absolute atomic E-state index is 0.568. The van der Waals surface area contributed by atoms with Crippen LogP contribution in [0.5, 0.6) is 0 Å². The maximum atomic E-state index is 3.68. The Bertz CT molecular complexity index is 371. The molecule has 114 valence electrons. The predicted molar refractivity (Wildman–Crippen MR) is 93.2 cm³/mol. The number of benzene rings is 1. The Hall–Kier alpha value is -0.340. The minimum atomic E-state index is 0.568. The van der Waals surface area contributed by atoms with Crippen LogP contribution in [0.4, 0.5) is 0 Å². The highest BCUT2D eigenvalue weighted by Crippen LogP contribution is 2.25. The molecule has 1 aromatic carbocycles. The number of nitrogens with one attached hydrogen (secondary N) is 1. The fraction of sp³-hybridized carbons (Fsp3) is 0.667. The molecule has 20 heavy (non-hydrogen) atoms. The van der Waals surface area contributed by atoms with Gasteiger partial charge in [-0.3, -0.25) is 0 Å². The first-order valence-electron chi connectivity index (χ1n) is 8.03. The monoisotopic (exact) mass is 339 g/mol. The fourth-order valence-corrected chi connectivity index (χ4v) is 3.16. The van der Waals surface area contributed by atoms with E-state index in [0.717, 1.165) is 24.8 Å². The molecular weight excluding hydrogens is 310 g/mol. The molecule has 1 aromatic rings. The van der Waals surface area contributed by atoms with Crippen LogP contribution in [-0.4, -0.2) is 12.6 Å². The predicted octanol–water partition coefficient (Wildman–Crippen LogP) is 5.43. The Morgan fingerprint density at radius 3 is 2.25 bits per heavy atom. The SMILES string of the molecule is CCC(CC)CC(CNC(C)C)Cc1ccccc1Br. The number of hydrogen-bond donors (Lipinski definition) is 1. The highest BCUT2D eigenvalue weighted by atomic mass is 79.9. The van der Waals surface area contributed by atoms with E-state index in [1.165, 1.54) is 29.3 Å². The molecule has 0 aliphatic heterocycles. The Labute approximate surface area is 133 Å². The van der Waals surface area contributed by atoms with Crippen LogP contribution in [0.25, 0.3) is 0 Å². The third-order valence-electron chi connectivity index (χ3n) is 4.10. The first-order chi connectivity index (χ1) is 9.56. The van der Waals surface area contributed by atoms with Crippen molar-refractivity contribution in [2.75, 3.05) is 6.54 Å². The normalized spacial score (nSPS) is 13.2. The Balaban J connectivity index is 2.68. The topological polar surface area (TPSA) is 12.0 Å². The highest BCUT2D eigenvalue weighted by molar-refractivity contribution is 9.10. The average molecular weight is 340 g/mol. The Morgan fingerprint density at radius 2 is 1.70 bits per heavy atom. The van der Waals surface area contributed by atoms with Crippen LogP contribution in [0, 0.1) is 11.8 Å². The summed E-state index contributed by atoms with van der Waals surface area (Å²) in [5, 5.41) is 3.62. The smallest absolute Gasteiger partial charge is 0.0207 e. The van der Waals surface area contributed by atoms with Crippen molar-refractivity contribution < 1.29 is 0 Å². The molecule has 0 aliphatic carbocycles. The van der Waals surface area contributed by atoms with E-state index in [1.54, 1.807) is 0 Å². The molecule has 0 aromatic heterocycles. The number of hydrogen-bond acceptors (Lipinski definition) is 1. The van der Waals surface area contributed by atoms with Crippen molar-refractivity contribution in [1.29, 1.82) is 0 Å². The summed E-state index contributed by atoms with van der Waals surface area (Å²) < 4.78 is 1.25. The van der Waals surface area contributed by atoms with E-state index < -0.39 is 0 Å². The van der Waals surface area contributed by atoms with Gasteiger partial charge in [0.25, 0.3) is 0 Å². The molecule has 2 heteroatoms.